The molecule has 0 bridgehead atoms. The van der Waals surface area contributed by atoms with Crippen LogP contribution in [0.4, 0.5) is 11.5 Å². The molecule has 1 fully saturated rings. The highest BCUT2D eigenvalue weighted by Gasteiger charge is 2.20. The smallest absolute Gasteiger partial charge is 0.219 e. The van der Waals surface area contributed by atoms with E-state index in [-0.39, 0.29) is 5.91 Å². The van der Waals surface area contributed by atoms with Gasteiger partial charge in [-0.25, -0.2) is 4.98 Å². The van der Waals surface area contributed by atoms with Crippen LogP contribution in [0, 0.1) is 0 Å². The number of anilines is 2. The first kappa shape index (κ1) is 15.6. The molecule has 0 unspecified atom stereocenters. The predicted molar refractivity (Wildman–Crippen MR) is 86.7 cm³/mol. The summed E-state index contributed by atoms with van der Waals surface area (Å²) < 4.78 is 0. The number of piperidine rings is 1. The van der Waals surface area contributed by atoms with E-state index in [0.29, 0.717) is 6.04 Å². The summed E-state index contributed by atoms with van der Waals surface area (Å²) in [7, 11) is 0. The molecule has 1 N–H and O–H groups in total. The van der Waals surface area contributed by atoms with Gasteiger partial charge in [0.1, 0.15) is 5.82 Å². The molecule has 21 heavy (non-hydrogen) atoms. The first-order valence-corrected chi connectivity index (χ1v) is 7.87. The third-order valence-electron chi connectivity index (χ3n) is 4.15. The van der Waals surface area contributed by atoms with Crippen LogP contribution < -0.4 is 10.2 Å². The Morgan fingerprint density at radius 1 is 1.33 bits per heavy atom. The number of carbonyl (C=O) groups is 1. The summed E-state index contributed by atoms with van der Waals surface area (Å²) in [4.78, 5) is 20.0. The second-order valence-corrected chi connectivity index (χ2v) is 5.50. The van der Waals surface area contributed by atoms with Crippen molar-refractivity contribution in [3.63, 3.8) is 0 Å². The number of rotatable bonds is 5. The zero-order chi connectivity index (χ0) is 15.2. The van der Waals surface area contributed by atoms with Gasteiger partial charge in [0.2, 0.25) is 5.91 Å². The molecule has 0 atom stereocenters. The first-order valence-electron chi connectivity index (χ1n) is 7.87. The summed E-state index contributed by atoms with van der Waals surface area (Å²) in [5, 5.41) is 3.52. The number of pyridine rings is 1. The van der Waals surface area contributed by atoms with Gasteiger partial charge in [0.15, 0.2) is 0 Å². The minimum absolute atomic E-state index is 0.179. The molecule has 1 aliphatic rings. The minimum atomic E-state index is 0.179. The Kier molecular flexibility index (Phi) is 5.42. The van der Waals surface area contributed by atoms with E-state index in [1.165, 1.54) is 0 Å². The van der Waals surface area contributed by atoms with Gasteiger partial charge in [-0.05, 0) is 38.8 Å². The molecule has 2 heterocycles. The van der Waals surface area contributed by atoms with E-state index in [9.17, 15) is 4.79 Å². The maximum atomic E-state index is 11.3. The zero-order valence-electron chi connectivity index (χ0n) is 13.3. The number of hydrogen-bond donors (Lipinski definition) is 1. The highest BCUT2D eigenvalue weighted by atomic mass is 16.2. The SMILES string of the molecule is CCN(CC)c1ccc(NC2CCN(C(C)=O)CC2)cn1. The third kappa shape index (κ3) is 4.09. The molecule has 0 aliphatic carbocycles. The van der Waals surface area contributed by atoms with Crippen LogP contribution in [0.3, 0.4) is 0 Å². The Bertz CT molecular complexity index is 448. The Balaban J connectivity index is 1.88. The lowest BCUT2D eigenvalue weighted by Gasteiger charge is -2.32. The quantitative estimate of drug-likeness (QED) is 0.904. The molecule has 116 valence electrons. The average molecular weight is 290 g/mol. The van der Waals surface area contributed by atoms with Crippen LogP contribution in [0.1, 0.15) is 33.6 Å². The molecule has 5 heteroatoms. The van der Waals surface area contributed by atoms with Crippen LogP contribution in [-0.4, -0.2) is 48.0 Å². The van der Waals surface area contributed by atoms with E-state index in [1.807, 2.05) is 11.1 Å². The fourth-order valence-electron chi connectivity index (χ4n) is 2.78. The molecule has 0 spiro atoms. The molecular formula is C16H26N4O. The molecular weight excluding hydrogens is 264 g/mol. The lowest BCUT2D eigenvalue weighted by atomic mass is 10.0. The van der Waals surface area contributed by atoms with Gasteiger partial charge in [-0.3, -0.25) is 4.79 Å². The standard InChI is InChI=1S/C16H26N4O/c1-4-19(5-2)16-7-6-15(12-17-16)18-14-8-10-20(11-9-14)13(3)21/h6-7,12,14,18H,4-5,8-11H2,1-3H3. The summed E-state index contributed by atoms with van der Waals surface area (Å²) in [6.07, 6.45) is 3.90. The molecule has 0 aromatic carbocycles. The third-order valence-corrected chi connectivity index (χ3v) is 4.15. The van der Waals surface area contributed by atoms with Crippen molar-refractivity contribution in [3.05, 3.63) is 18.3 Å². The molecule has 0 radical (unpaired) electrons. The van der Waals surface area contributed by atoms with Crippen LogP contribution in [0.5, 0.6) is 0 Å². The lowest BCUT2D eigenvalue weighted by Crippen LogP contribution is -2.41. The normalized spacial score (nSPS) is 15.9. The van der Waals surface area contributed by atoms with E-state index in [0.717, 1.165) is 50.5 Å². The number of hydrogen-bond acceptors (Lipinski definition) is 4. The van der Waals surface area contributed by atoms with Gasteiger partial charge in [-0.1, -0.05) is 0 Å². The summed E-state index contributed by atoms with van der Waals surface area (Å²) in [6, 6.07) is 4.60. The molecule has 0 saturated carbocycles. The molecule has 2 rings (SSSR count). The van der Waals surface area contributed by atoms with Gasteiger partial charge in [0, 0.05) is 39.1 Å². The van der Waals surface area contributed by atoms with Crippen LogP contribution in [0.2, 0.25) is 0 Å². The fraction of sp³-hybridized carbons (Fsp3) is 0.625. The summed E-state index contributed by atoms with van der Waals surface area (Å²) in [5.74, 6) is 1.20. The Hall–Kier alpha value is -1.78. The summed E-state index contributed by atoms with van der Waals surface area (Å²) >= 11 is 0. The molecule has 1 aromatic rings. The van der Waals surface area contributed by atoms with Gasteiger partial charge in [0.05, 0.1) is 11.9 Å². The highest BCUT2D eigenvalue weighted by Crippen LogP contribution is 2.18. The molecule has 5 nitrogen and oxygen atoms in total. The van der Waals surface area contributed by atoms with Crippen molar-refractivity contribution in [2.24, 2.45) is 0 Å². The van der Waals surface area contributed by atoms with Gasteiger partial charge >= 0.3 is 0 Å². The van der Waals surface area contributed by atoms with Gasteiger partial charge in [0.25, 0.3) is 0 Å². The number of carbonyl (C=O) groups excluding carboxylic acids is 1. The van der Waals surface area contributed by atoms with Crippen LogP contribution in [0.25, 0.3) is 0 Å². The van der Waals surface area contributed by atoms with E-state index >= 15 is 0 Å². The summed E-state index contributed by atoms with van der Waals surface area (Å²) in [6.45, 7) is 9.55. The van der Waals surface area contributed by atoms with Crippen LogP contribution in [0.15, 0.2) is 18.3 Å². The van der Waals surface area contributed by atoms with Crippen molar-refractivity contribution >= 4 is 17.4 Å². The van der Waals surface area contributed by atoms with Gasteiger partial charge in [-0.2, -0.15) is 0 Å². The van der Waals surface area contributed by atoms with Crippen LogP contribution in [-0.2, 0) is 4.79 Å². The number of nitrogens with one attached hydrogen (secondary N) is 1. The minimum Gasteiger partial charge on any atom is -0.381 e. The van der Waals surface area contributed by atoms with Crippen molar-refractivity contribution in [2.45, 2.75) is 39.7 Å². The number of likely N-dealkylation sites (tertiary alicyclic amines) is 1. The van der Waals surface area contributed by atoms with E-state index in [1.54, 1.807) is 6.92 Å². The molecule has 1 saturated heterocycles. The zero-order valence-corrected chi connectivity index (χ0v) is 13.3. The van der Waals surface area contributed by atoms with Crippen molar-refractivity contribution in [1.82, 2.24) is 9.88 Å². The second-order valence-electron chi connectivity index (χ2n) is 5.50. The summed E-state index contributed by atoms with van der Waals surface area (Å²) in [5.41, 5.74) is 1.06. The molecule has 1 aliphatic heterocycles. The predicted octanol–water partition coefficient (Wildman–Crippen LogP) is 2.35. The first-order chi connectivity index (χ1) is 10.1. The topological polar surface area (TPSA) is 48.5 Å². The van der Waals surface area contributed by atoms with E-state index in [2.05, 4.69) is 41.2 Å². The lowest BCUT2D eigenvalue weighted by molar-refractivity contribution is -0.129. The average Bonchev–Trinajstić information content (AvgIpc) is 2.51. The number of aromatic nitrogens is 1. The Morgan fingerprint density at radius 2 is 2.00 bits per heavy atom. The molecule has 1 amide bonds. The maximum absolute atomic E-state index is 11.3. The van der Waals surface area contributed by atoms with E-state index < -0.39 is 0 Å². The van der Waals surface area contributed by atoms with Gasteiger partial charge < -0.3 is 15.1 Å². The highest BCUT2D eigenvalue weighted by molar-refractivity contribution is 5.73. The van der Waals surface area contributed by atoms with Crippen molar-refractivity contribution in [2.75, 3.05) is 36.4 Å². The number of nitrogens with zero attached hydrogens (tertiary/aromatic N) is 3. The van der Waals surface area contributed by atoms with Crippen LogP contribution >= 0.6 is 0 Å². The Morgan fingerprint density at radius 3 is 2.48 bits per heavy atom. The van der Waals surface area contributed by atoms with Gasteiger partial charge in [-0.15, -0.1) is 0 Å². The maximum Gasteiger partial charge on any atom is 0.219 e. The number of amides is 1. The van der Waals surface area contributed by atoms with Crippen molar-refractivity contribution < 1.29 is 4.79 Å². The van der Waals surface area contributed by atoms with E-state index in [4.69, 9.17) is 0 Å². The molecule has 1 aromatic heterocycles. The second kappa shape index (κ2) is 7.29. The van der Waals surface area contributed by atoms with Crippen molar-refractivity contribution in [3.8, 4) is 0 Å². The largest absolute Gasteiger partial charge is 0.381 e. The fourth-order valence-corrected chi connectivity index (χ4v) is 2.78. The van der Waals surface area contributed by atoms with Crippen molar-refractivity contribution in [1.29, 1.82) is 0 Å². The Labute approximate surface area is 127 Å². The monoisotopic (exact) mass is 290 g/mol.